The Hall–Kier alpha value is -2.87. The molecular formula is C18H13ClF3N3O2. The van der Waals surface area contributed by atoms with E-state index in [-0.39, 0.29) is 22.5 Å². The van der Waals surface area contributed by atoms with Crippen molar-refractivity contribution >= 4 is 29.2 Å². The molecule has 0 fully saturated rings. The summed E-state index contributed by atoms with van der Waals surface area (Å²) in [6, 6.07) is 8.63. The maximum Gasteiger partial charge on any atom is 0.419 e. The van der Waals surface area contributed by atoms with Gasteiger partial charge in [-0.15, -0.1) is 0 Å². The van der Waals surface area contributed by atoms with Crippen LogP contribution in [0.4, 0.5) is 19.0 Å². The van der Waals surface area contributed by atoms with Gasteiger partial charge in [0.2, 0.25) is 0 Å². The van der Waals surface area contributed by atoms with Crippen molar-refractivity contribution in [2.75, 3.05) is 5.43 Å². The molecule has 2 amide bonds. The minimum Gasteiger partial charge on any atom is -0.271 e. The van der Waals surface area contributed by atoms with Gasteiger partial charge in [-0.2, -0.15) is 18.2 Å². The smallest absolute Gasteiger partial charge is 0.271 e. The number of rotatable bonds is 3. The predicted octanol–water partition coefficient (Wildman–Crippen LogP) is 4.45. The first kappa shape index (κ1) is 18.9. The van der Waals surface area contributed by atoms with E-state index in [4.69, 9.17) is 11.6 Å². The van der Waals surface area contributed by atoms with Crippen molar-refractivity contribution in [1.29, 1.82) is 0 Å². The summed E-state index contributed by atoms with van der Waals surface area (Å²) in [4.78, 5) is 28.3. The Morgan fingerprint density at radius 3 is 2.11 bits per heavy atom. The Balaban J connectivity index is 2.08. The molecule has 0 saturated carbocycles. The first-order valence-electron chi connectivity index (χ1n) is 7.77. The van der Waals surface area contributed by atoms with E-state index in [9.17, 15) is 22.8 Å². The third kappa shape index (κ3) is 3.40. The quantitative estimate of drug-likeness (QED) is 0.780. The summed E-state index contributed by atoms with van der Waals surface area (Å²) in [5, 5.41) is 0.102. The van der Waals surface area contributed by atoms with Gasteiger partial charge >= 0.3 is 6.18 Å². The van der Waals surface area contributed by atoms with Gasteiger partial charge in [0, 0.05) is 22.8 Å². The molecule has 1 aromatic heterocycles. The number of hydrazine groups is 1. The number of alkyl halides is 3. The normalized spacial score (nSPS) is 15.0. The molecule has 2 aromatic rings. The molecule has 0 saturated heterocycles. The van der Waals surface area contributed by atoms with E-state index >= 15 is 0 Å². The number of benzene rings is 1. The molecule has 1 aromatic carbocycles. The number of hydrogen-bond acceptors (Lipinski definition) is 4. The van der Waals surface area contributed by atoms with Crippen LogP contribution < -0.4 is 5.43 Å². The first-order valence-corrected chi connectivity index (χ1v) is 8.15. The van der Waals surface area contributed by atoms with E-state index in [0.29, 0.717) is 5.01 Å². The van der Waals surface area contributed by atoms with E-state index in [1.165, 1.54) is 26.0 Å². The van der Waals surface area contributed by atoms with E-state index in [1.807, 2.05) is 0 Å². The third-order valence-electron chi connectivity index (χ3n) is 4.14. The molecule has 0 unspecified atom stereocenters. The molecule has 0 atom stereocenters. The summed E-state index contributed by atoms with van der Waals surface area (Å²) < 4.78 is 40.5. The summed E-state index contributed by atoms with van der Waals surface area (Å²) in [6.07, 6.45) is -4.73. The second-order valence-electron chi connectivity index (χ2n) is 5.88. The zero-order chi connectivity index (χ0) is 19.9. The topological polar surface area (TPSA) is 62.3 Å². The van der Waals surface area contributed by atoms with Crippen LogP contribution >= 0.6 is 11.6 Å². The Bertz CT molecular complexity index is 948. The average molecular weight is 396 g/mol. The van der Waals surface area contributed by atoms with Crippen LogP contribution in [0.2, 0.25) is 5.02 Å². The van der Waals surface area contributed by atoms with Crippen molar-refractivity contribution in [1.82, 2.24) is 9.99 Å². The van der Waals surface area contributed by atoms with Gasteiger partial charge in [-0.3, -0.25) is 15.0 Å². The summed E-state index contributed by atoms with van der Waals surface area (Å²) in [5.74, 6) is -1.36. The molecule has 0 radical (unpaired) electrons. The summed E-state index contributed by atoms with van der Waals surface area (Å²) in [6.45, 7) is 2.97. The molecule has 9 heteroatoms. The molecular weight excluding hydrogens is 383 g/mol. The number of anilines is 1. The lowest BCUT2D eigenvalue weighted by molar-refractivity contribution is -0.138. The van der Waals surface area contributed by atoms with Gasteiger partial charge in [0.05, 0.1) is 10.7 Å². The highest BCUT2D eigenvalue weighted by Crippen LogP contribution is 2.41. The highest BCUT2D eigenvalue weighted by Gasteiger charge is 2.39. The average Bonchev–Trinajstić information content (AvgIpc) is 2.79. The monoisotopic (exact) mass is 395 g/mol. The van der Waals surface area contributed by atoms with Gasteiger partial charge in [-0.25, -0.2) is 4.98 Å². The standard InChI is InChI=1S/C18H13ClF3N3O2/c1-9-10(2)17(27)25(16(9)26)24-13-8-12(19)14(18(20,21)22)15(23-13)11-6-4-3-5-7-11/h3-8H,1-2H3,(H,23,24). The molecule has 1 aliphatic heterocycles. The van der Waals surface area contributed by atoms with E-state index < -0.39 is 34.3 Å². The predicted molar refractivity (Wildman–Crippen MR) is 93.5 cm³/mol. The highest BCUT2D eigenvalue weighted by molar-refractivity contribution is 6.32. The fourth-order valence-electron chi connectivity index (χ4n) is 2.61. The van der Waals surface area contributed by atoms with Crippen molar-refractivity contribution in [3.05, 3.63) is 58.1 Å². The number of pyridine rings is 1. The molecule has 5 nitrogen and oxygen atoms in total. The lowest BCUT2D eigenvalue weighted by atomic mass is 10.1. The molecule has 0 spiro atoms. The highest BCUT2D eigenvalue weighted by atomic mass is 35.5. The van der Waals surface area contributed by atoms with Crippen LogP contribution in [0.25, 0.3) is 11.3 Å². The number of aromatic nitrogens is 1. The second kappa shape index (κ2) is 6.70. The van der Waals surface area contributed by atoms with Gasteiger partial charge in [-0.05, 0) is 13.8 Å². The lowest BCUT2D eigenvalue weighted by Gasteiger charge is -2.20. The fraction of sp³-hybridized carbons (Fsp3) is 0.167. The number of halogens is 4. The van der Waals surface area contributed by atoms with Crippen LogP contribution in [0.15, 0.2) is 47.5 Å². The van der Waals surface area contributed by atoms with Gasteiger partial charge in [0.1, 0.15) is 11.4 Å². The number of carbonyl (C=O) groups is 2. The van der Waals surface area contributed by atoms with Crippen LogP contribution in [-0.4, -0.2) is 21.8 Å². The van der Waals surface area contributed by atoms with E-state index in [0.717, 1.165) is 6.07 Å². The van der Waals surface area contributed by atoms with E-state index in [1.54, 1.807) is 18.2 Å². The number of imide groups is 1. The molecule has 1 N–H and O–H groups in total. The number of nitrogens with one attached hydrogen (secondary N) is 1. The summed E-state index contributed by atoms with van der Waals surface area (Å²) in [5.41, 5.74) is 1.65. The van der Waals surface area contributed by atoms with Gasteiger partial charge in [0.25, 0.3) is 11.8 Å². The van der Waals surface area contributed by atoms with Crippen LogP contribution in [0.3, 0.4) is 0 Å². The first-order chi connectivity index (χ1) is 12.6. The third-order valence-corrected chi connectivity index (χ3v) is 4.44. The molecule has 140 valence electrons. The number of carbonyl (C=O) groups excluding carboxylic acids is 2. The fourth-order valence-corrected chi connectivity index (χ4v) is 2.91. The van der Waals surface area contributed by atoms with Gasteiger partial charge in [0.15, 0.2) is 0 Å². The van der Waals surface area contributed by atoms with Crippen molar-refractivity contribution in [2.45, 2.75) is 20.0 Å². The molecule has 27 heavy (non-hydrogen) atoms. The number of hydrogen-bond donors (Lipinski definition) is 1. The van der Waals surface area contributed by atoms with Gasteiger partial charge in [-0.1, -0.05) is 41.9 Å². The number of nitrogens with zero attached hydrogens (tertiary/aromatic N) is 2. The Kier molecular flexibility index (Phi) is 4.69. The van der Waals surface area contributed by atoms with Crippen LogP contribution in [0.1, 0.15) is 19.4 Å². The summed E-state index contributed by atoms with van der Waals surface area (Å²) in [7, 11) is 0. The lowest BCUT2D eigenvalue weighted by Crippen LogP contribution is -2.37. The van der Waals surface area contributed by atoms with Crippen molar-refractivity contribution in [2.24, 2.45) is 0 Å². The minimum absolute atomic E-state index is 0.156. The largest absolute Gasteiger partial charge is 0.419 e. The van der Waals surface area contributed by atoms with Crippen LogP contribution in [-0.2, 0) is 15.8 Å². The van der Waals surface area contributed by atoms with Gasteiger partial charge < -0.3 is 0 Å². The Labute approximate surface area is 157 Å². The van der Waals surface area contributed by atoms with Crippen molar-refractivity contribution in [3.8, 4) is 11.3 Å². The van der Waals surface area contributed by atoms with Crippen LogP contribution in [0, 0.1) is 0 Å². The Morgan fingerprint density at radius 2 is 1.59 bits per heavy atom. The maximum atomic E-state index is 13.5. The molecule has 2 heterocycles. The van der Waals surface area contributed by atoms with Crippen molar-refractivity contribution in [3.63, 3.8) is 0 Å². The van der Waals surface area contributed by atoms with Crippen LogP contribution in [0.5, 0.6) is 0 Å². The Morgan fingerprint density at radius 1 is 1.04 bits per heavy atom. The zero-order valence-electron chi connectivity index (χ0n) is 14.2. The molecule has 0 aliphatic carbocycles. The molecule has 3 rings (SSSR count). The maximum absolute atomic E-state index is 13.5. The van der Waals surface area contributed by atoms with Crippen molar-refractivity contribution < 1.29 is 22.8 Å². The minimum atomic E-state index is -4.73. The number of amides is 2. The second-order valence-corrected chi connectivity index (χ2v) is 6.29. The van der Waals surface area contributed by atoms with E-state index in [2.05, 4.69) is 10.4 Å². The molecule has 0 bridgehead atoms. The summed E-state index contributed by atoms with van der Waals surface area (Å²) >= 11 is 5.89. The zero-order valence-corrected chi connectivity index (χ0v) is 14.9. The SMILES string of the molecule is CC1=C(C)C(=O)N(Nc2cc(Cl)c(C(F)(F)F)c(-c3ccccc3)n2)C1=O. The molecule has 1 aliphatic rings.